The van der Waals surface area contributed by atoms with Crippen LogP contribution in [0.1, 0.15) is 61.7 Å². The van der Waals surface area contributed by atoms with E-state index in [0.29, 0.717) is 0 Å². The number of nitrogens with zero attached hydrogens (tertiary/aromatic N) is 3. The molecule has 1 amide bonds. The lowest BCUT2D eigenvalue weighted by molar-refractivity contribution is 0.0794. The average molecular weight is 359 g/mol. The van der Waals surface area contributed by atoms with Crippen LogP contribution in [0.25, 0.3) is 11.0 Å². The lowest BCUT2D eigenvalue weighted by Gasteiger charge is -2.21. The number of carbonyl (C=O) groups excluding carboxylic acids is 1. The number of hydrogen-bond acceptors (Lipinski definition) is 4. The summed E-state index contributed by atoms with van der Waals surface area (Å²) < 4.78 is 0. The third kappa shape index (κ3) is 3.68. The van der Waals surface area contributed by atoms with Gasteiger partial charge in [-0.15, -0.1) is 11.8 Å². The second-order valence-electron chi connectivity index (χ2n) is 7.25. The van der Waals surface area contributed by atoms with Gasteiger partial charge in [0.25, 0.3) is 5.91 Å². The maximum absolute atomic E-state index is 12.8. The van der Waals surface area contributed by atoms with Gasteiger partial charge in [-0.3, -0.25) is 4.79 Å². The first-order valence-electron chi connectivity index (χ1n) is 9.57. The molecule has 2 aromatic heterocycles. The summed E-state index contributed by atoms with van der Waals surface area (Å²) >= 11 is 1.78. The van der Waals surface area contributed by atoms with E-state index in [-0.39, 0.29) is 5.91 Å². The smallest absolute Gasteiger partial charge is 0.256 e. The first kappa shape index (κ1) is 16.9. The molecule has 1 saturated heterocycles. The summed E-state index contributed by atoms with van der Waals surface area (Å²) in [6.45, 7) is 1.73. The number of rotatable bonds is 5. The van der Waals surface area contributed by atoms with Crippen molar-refractivity contribution < 1.29 is 4.79 Å². The van der Waals surface area contributed by atoms with Gasteiger partial charge in [-0.05, 0) is 30.9 Å². The summed E-state index contributed by atoms with van der Waals surface area (Å²) in [5, 5.41) is 1.86. The highest BCUT2D eigenvalue weighted by atomic mass is 32.2. The molecule has 5 nitrogen and oxygen atoms in total. The van der Waals surface area contributed by atoms with Crippen LogP contribution in [0.3, 0.4) is 0 Å². The molecule has 6 heteroatoms. The number of carbonyl (C=O) groups is 1. The molecule has 0 aromatic carbocycles. The largest absolute Gasteiger partial charge is 0.345 e. The SMILES string of the molecule is O=C(c1c[nH]c2ncnc(SCCC3CCCCC3)c12)N1CCCC1. The Hall–Kier alpha value is -1.56. The van der Waals surface area contributed by atoms with Crippen molar-refractivity contribution in [3.05, 3.63) is 18.1 Å². The minimum atomic E-state index is 0.118. The molecule has 1 N–H and O–H groups in total. The Labute approximate surface area is 153 Å². The molecule has 1 aliphatic carbocycles. The van der Waals surface area contributed by atoms with Gasteiger partial charge in [0.15, 0.2) is 0 Å². The van der Waals surface area contributed by atoms with Crippen molar-refractivity contribution in [2.45, 2.75) is 56.4 Å². The Morgan fingerprint density at radius 1 is 1.16 bits per heavy atom. The van der Waals surface area contributed by atoms with E-state index >= 15 is 0 Å². The lowest BCUT2D eigenvalue weighted by Crippen LogP contribution is -2.27. The van der Waals surface area contributed by atoms with Crippen molar-refractivity contribution in [3.8, 4) is 0 Å². The molecule has 25 heavy (non-hydrogen) atoms. The van der Waals surface area contributed by atoms with Gasteiger partial charge in [0, 0.05) is 19.3 Å². The first-order chi connectivity index (χ1) is 12.3. The van der Waals surface area contributed by atoms with Crippen molar-refractivity contribution in [2.24, 2.45) is 5.92 Å². The molecule has 0 bridgehead atoms. The highest BCUT2D eigenvalue weighted by Crippen LogP contribution is 2.32. The van der Waals surface area contributed by atoms with Crippen molar-refractivity contribution in [1.29, 1.82) is 0 Å². The summed E-state index contributed by atoms with van der Waals surface area (Å²) in [6, 6.07) is 0. The summed E-state index contributed by atoms with van der Waals surface area (Å²) in [5.41, 5.74) is 1.51. The topological polar surface area (TPSA) is 61.9 Å². The van der Waals surface area contributed by atoms with Crippen LogP contribution in [0.15, 0.2) is 17.6 Å². The highest BCUT2D eigenvalue weighted by Gasteiger charge is 2.24. The van der Waals surface area contributed by atoms with E-state index in [0.717, 1.165) is 59.2 Å². The number of thioether (sulfide) groups is 1. The summed E-state index contributed by atoms with van der Waals surface area (Å²) in [6.07, 6.45) is 13.8. The van der Waals surface area contributed by atoms with E-state index in [4.69, 9.17) is 0 Å². The molecule has 0 spiro atoms. The molecule has 134 valence electrons. The number of fused-ring (bicyclic) bond motifs is 1. The van der Waals surface area contributed by atoms with E-state index in [1.165, 1.54) is 38.5 Å². The van der Waals surface area contributed by atoms with Crippen LogP contribution in [0.4, 0.5) is 0 Å². The molecule has 1 saturated carbocycles. The van der Waals surface area contributed by atoms with Crippen LogP contribution in [0, 0.1) is 5.92 Å². The predicted octanol–water partition coefficient (Wildman–Crippen LogP) is 4.26. The molecule has 0 unspecified atom stereocenters. The van der Waals surface area contributed by atoms with Gasteiger partial charge < -0.3 is 9.88 Å². The minimum absolute atomic E-state index is 0.118. The van der Waals surface area contributed by atoms with E-state index in [1.54, 1.807) is 18.1 Å². The monoisotopic (exact) mass is 358 g/mol. The Kier molecular flexibility index (Phi) is 5.25. The normalized spacial score (nSPS) is 19.0. The molecular formula is C19H26N4OS. The third-order valence-corrected chi connectivity index (χ3v) is 6.57. The van der Waals surface area contributed by atoms with E-state index < -0.39 is 0 Å². The van der Waals surface area contributed by atoms with Crippen LogP contribution in [-0.4, -0.2) is 44.6 Å². The number of aromatic amines is 1. The van der Waals surface area contributed by atoms with Crippen LogP contribution in [-0.2, 0) is 0 Å². The van der Waals surface area contributed by atoms with Gasteiger partial charge in [0.05, 0.1) is 10.9 Å². The average Bonchev–Trinajstić information content (AvgIpc) is 3.32. The standard InChI is InChI=1S/C19H26N4OS/c24-19(23-9-4-5-10-23)15-12-20-17-16(15)18(22-13-21-17)25-11-8-14-6-2-1-3-7-14/h12-14H,1-11H2,(H,20,21,22). The Balaban J connectivity index is 1.50. The number of amides is 1. The zero-order valence-electron chi connectivity index (χ0n) is 14.7. The number of aromatic nitrogens is 3. The van der Waals surface area contributed by atoms with E-state index in [9.17, 15) is 4.79 Å². The molecular weight excluding hydrogens is 332 g/mol. The number of hydrogen-bond donors (Lipinski definition) is 1. The molecule has 0 radical (unpaired) electrons. The summed E-state index contributed by atoms with van der Waals surface area (Å²) in [5.74, 6) is 2.06. The van der Waals surface area contributed by atoms with Gasteiger partial charge >= 0.3 is 0 Å². The van der Waals surface area contributed by atoms with Crippen molar-refractivity contribution in [1.82, 2.24) is 19.9 Å². The molecule has 2 fully saturated rings. The molecule has 2 aromatic rings. The maximum Gasteiger partial charge on any atom is 0.256 e. The second kappa shape index (κ2) is 7.77. The fourth-order valence-electron chi connectivity index (χ4n) is 4.10. The van der Waals surface area contributed by atoms with Gasteiger partial charge in [0.1, 0.15) is 17.0 Å². The Morgan fingerprint density at radius 3 is 2.76 bits per heavy atom. The fraction of sp³-hybridized carbons (Fsp3) is 0.632. The van der Waals surface area contributed by atoms with Crippen molar-refractivity contribution in [2.75, 3.05) is 18.8 Å². The van der Waals surface area contributed by atoms with Crippen LogP contribution < -0.4 is 0 Å². The molecule has 4 rings (SSSR count). The predicted molar refractivity (Wildman–Crippen MR) is 101 cm³/mol. The third-order valence-electron chi connectivity index (χ3n) is 5.55. The first-order valence-corrected chi connectivity index (χ1v) is 10.6. The lowest BCUT2D eigenvalue weighted by atomic mass is 9.88. The zero-order valence-corrected chi connectivity index (χ0v) is 15.5. The second-order valence-corrected chi connectivity index (χ2v) is 8.33. The fourth-order valence-corrected chi connectivity index (χ4v) is 5.22. The number of likely N-dealkylation sites (tertiary alicyclic amines) is 1. The maximum atomic E-state index is 12.8. The van der Waals surface area contributed by atoms with Crippen LogP contribution in [0.5, 0.6) is 0 Å². The van der Waals surface area contributed by atoms with Gasteiger partial charge in [0.2, 0.25) is 0 Å². The quantitative estimate of drug-likeness (QED) is 0.641. The van der Waals surface area contributed by atoms with Crippen LogP contribution in [0.2, 0.25) is 0 Å². The molecule has 0 atom stereocenters. The van der Waals surface area contributed by atoms with Gasteiger partial charge in [-0.2, -0.15) is 0 Å². The van der Waals surface area contributed by atoms with Crippen molar-refractivity contribution in [3.63, 3.8) is 0 Å². The van der Waals surface area contributed by atoms with Crippen molar-refractivity contribution >= 4 is 28.7 Å². The highest BCUT2D eigenvalue weighted by molar-refractivity contribution is 7.99. The zero-order chi connectivity index (χ0) is 17.1. The van der Waals surface area contributed by atoms with Gasteiger partial charge in [-0.1, -0.05) is 32.1 Å². The molecule has 2 aliphatic rings. The number of nitrogens with one attached hydrogen (secondary N) is 1. The minimum Gasteiger partial charge on any atom is -0.345 e. The molecule has 1 aliphatic heterocycles. The van der Waals surface area contributed by atoms with E-state index in [1.807, 2.05) is 11.1 Å². The van der Waals surface area contributed by atoms with Crippen LogP contribution >= 0.6 is 11.8 Å². The van der Waals surface area contributed by atoms with E-state index in [2.05, 4.69) is 15.0 Å². The summed E-state index contributed by atoms with van der Waals surface area (Å²) in [7, 11) is 0. The Morgan fingerprint density at radius 2 is 1.96 bits per heavy atom. The Bertz CT molecular complexity index is 732. The number of H-pyrrole nitrogens is 1. The van der Waals surface area contributed by atoms with Gasteiger partial charge in [-0.25, -0.2) is 9.97 Å². The molecule has 3 heterocycles. The summed E-state index contributed by atoms with van der Waals surface area (Å²) in [4.78, 5) is 26.8.